The van der Waals surface area contributed by atoms with Gasteiger partial charge in [-0.15, -0.1) is 0 Å². The van der Waals surface area contributed by atoms with Crippen LogP contribution in [0.3, 0.4) is 0 Å². The molecule has 1 atom stereocenters. The average Bonchev–Trinajstić information content (AvgIpc) is 2.19. The molecule has 0 saturated carbocycles. The summed E-state index contributed by atoms with van der Waals surface area (Å²) < 4.78 is 5.18. The smallest absolute Gasteiger partial charge is 0.0876 e. The van der Waals surface area contributed by atoms with Crippen molar-refractivity contribution in [3.8, 4) is 0 Å². The highest BCUT2D eigenvalue weighted by molar-refractivity contribution is 7.98. The molecule has 0 spiro atoms. The van der Waals surface area contributed by atoms with Crippen LogP contribution in [0.4, 0.5) is 0 Å². The van der Waals surface area contributed by atoms with Crippen molar-refractivity contribution >= 4 is 11.8 Å². The highest BCUT2D eigenvalue weighted by Crippen LogP contribution is 2.19. The van der Waals surface area contributed by atoms with Gasteiger partial charge in [-0.2, -0.15) is 11.8 Å². The van der Waals surface area contributed by atoms with Crippen molar-refractivity contribution in [2.24, 2.45) is 0 Å². The fourth-order valence-electron chi connectivity index (χ4n) is 1.44. The number of hydrogen-bond acceptors (Lipinski definition) is 3. The molecule has 0 saturated heterocycles. The van der Waals surface area contributed by atoms with Gasteiger partial charge in [-0.3, -0.25) is 0 Å². The quantitative estimate of drug-likeness (QED) is 0.693. The predicted octanol–water partition coefficient (Wildman–Crippen LogP) is 2.18. The van der Waals surface area contributed by atoms with Crippen molar-refractivity contribution in [1.82, 2.24) is 0 Å². The van der Waals surface area contributed by atoms with Crippen molar-refractivity contribution < 1.29 is 9.84 Å². The first kappa shape index (κ1) is 10.9. The topological polar surface area (TPSA) is 29.5 Å². The Labute approximate surface area is 84.4 Å². The van der Waals surface area contributed by atoms with Crippen LogP contribution >= 0.6 is 11.8 Å². The van der Waals surface area contributed by atoms with Crippen molar-refractivity contribution in [3.63, 3.8) is 0 Å². The van der Waals surface area contributed by atoms with Gasteiger partial charge in [0, 0.05) is 0 Å². The Bertz CT molecular complexity index is 168. The standard InChI is InChI=1S/C10H18O2S/c1-13-7-3-5-10(11)9-4-2-6-12-8-9/h8,10-11H,2-7H2,1H3. The summed E-state index contributed by atoms with van der Waals surface area (Å²) in [5.74, 6) is 1.13. The number of rotatable bonds is 5. The van der Waals surface area contributed by atoms with Gasteiger partial charge in [0.05, 0.1) is 19.0 Å². The molecule has 1 rings (SSSR count). The van der Waals surface area contributed by atoms with Gasteiger partial charge in [0.2, 0.25) is 0 Å². The molecule has 1 aliphatic rings. The van der Waals surface area contributed by atoms with Crippen molar-refractivity contribution in [1.29, 1.82) is 0 Å². The lowest BCUT2D eigenvalue weighted by molar-refractivity contribution is 0.162. The number of aliphatic hydroxyl groups excluding tert-OH is 1. The van der Waals surface area contributed by atoms with Gasteiger partial charge in [0.15, 0.2) is 0 Å². The summed E-state index contributed by atoms with van der Waals surface area (Å²) in [5, 5.41) is 9.74. The van der Waals surface area contributed by atoms with Crippen LogP contribution in [0, 0.1) is 0 Å². The Morgan fingerprint density at radius 1 is 1.69 bits per heavy atom. The minimum Gasteiger partial charge on any atom is -0.501 e. The first-order chi connectivity index (χ1) is 6.34. The summed E-state index contributed by atoms with van der Waals surface area (Å²) in [5.41, 5.74) is 1.08. The summed E-state index contributed by atoms with van der Waals surface area (Å²) in [6.07, 6.45) is 7.57. The van der Waals surface area contributed by atoms with E-state index in [-0.39, 0.29) is 6.10 Å². The van der Waals surface area contributed by atoms with E-state index >= 15 is 0 Å². The van der Waals surface area contributed by atoms with Gasteiger partial charge in [0.1, 0.15) is 0 Å². The van der Waals surface area contributed by atoms with Gasteiger partial charge in [0.25, 0.3) is 0 Å². The lowest BCUT2D eigenvalue weighted by Crippen LogP contribution is -2.14. The summed E-state index contributed by atoms with van der Waals surface area (Å²) in [6.45, 7) is 0.807. The molecule has 0 amide bonds. The van der Waals surface area contributed by atoms with Crippen molar-refractivity contribution in [3.05, 3.63) is 11.8 Å². The second-order valence-corrected chi connectivity index (χ2v) is 4.30. The summed E-state index contributed by atoms with van der Waals surface area (Å²) in [6, 6.07) is 0. The summed E-state index contributed by atoms with van der Waals surface area (Å²) in [4.78, 5) is 0. The number of hydrogen-bond donors (Lipinski definition) is 1. The van der Waals surface area contributed by atoms with Crippen LogP contribution in [0.5, 0.6) is 0 Å². The largest absolute Gasteiger partial charge is 0.501 e. The van der Waals surface area contributed by atoms with Crippen LogP contribution in [0.2, 0.25) is 0 Å². The zero-order valence-corrected chi connectivity index (χ0v) is 8.98. The van der Waals surface area contributed by atoms with Crippen LogP contribution in [0.25, 0.3) is 0 Å². The highest BCUT2D eigenvalue weighted by Gasteiger charge is 2.13. The summed E-state index contributed by atoms with van der Waals surface area (Å²) in [7, 11) is 0. The molecule has 0 aromatic rings. The zero-order valence-electron chi connectivity index (χ0n) is 8.16. The van der Waals surface area contributed by atoms with Crippen LogP contribution in [-0.4, -0.2) is 29.8 Å². The monoisotopic (exact) mass is 202 g/mol. The number of ether oxygens (including phenoxy) is 1. The molecule has 0 radical (unpaired) electrons. The zero-order chi connectivity index (χ0) is 9.52. The predicted molar refractivity (Wildman–Crippen MR) is 56.9 cm³/mol. The SMILES string of the molecule is CSCCCC(O)C1=COCCC1. The Morgan fingerprint density at radius 2 is 2.54 bits per heavy atom. The molecule has 2 nitrogen and oxygen atoms in total. The maximum absolute atomic E-state index is 9.74. The first-order valence-corrected chi connectivity index (χ1v) is 6.21. The molecule has 1 N–H and O–H groups in total. The van der Waals surface area contributed by atoms with Crippen LogP contribution in [0.1, 0.15) is 25.7 Å². The molecule has 0 bridgehead atoms. The van der Waals surface area contributed by atoms with Gasteiger partial charge in [-0.05, 0) is 43.3 Å². The van der Waals surface area contributed by atoms with Crippen molar-refractivity contribution in [2.45, 2.75) is 31.8 Å². The molecule has 0 aromatic heterocycles. The van der Waals surface area contributed by atoms with E-state index in [0.717, 1.165) is 43.6 Å². The first-order valence-electron chi connectivity index (χ1n) is 4.82. The third-order valence-electron chi connectivity index (χ3n) is 2.22. The fraction of sp³-hybridized carbons (Fsp3) is 0.800. The maximum atomic E-state index is 9.74. The molecule has 1 aliphatic heterocycles. The molecule has 13 heavy (non-hydrogen) atoms. The van der Waals surface area contributed by atoms with Crippen LogP contribution < -0.4 is 0 Å². The molecule has 1 heterocycles. The minimum atomic E-state index is -0.271. The van der Waals surface area contributed by atoms with E-state index in [0.29, 0.717) is 0 Å². The van der Waals surface area contributed by atoms with Gasteiger partial charge >= 0.3 is 0 Å². The number of aliphatic hydroxyl groups is 1. The van der Waals surface area contributed by atoms with E-state index in [1.165, 1.54) is 0 Å². The second kappa shape index (κ2) is 6.33. The lowest BCUT2D eigenvalue weighted by atomic mass is 10.0. The van der Waals surface area contributed by atoms with E-state index in [4.69, 9.17) is 4.74 Å². The van der Waals surface area contributed by atoms with Crippen LogP contribution in [-0.2, 0) is 4.74 Å². The van der Waals surface area contributed by atoms with E-state index in [2.05, 4.69) is 6.26 Å². The van der Waals surface area contributed by atoms with E-state index < -0.39 is 0 Å². The number of thioether (sulfide) groups is 1. The fourth-order valence-corrected chi connectivity index (χ4v) is 1.89. The van der Waals surface area contributed by atoms with Crippen LogP contribution in [0.15, 0.2) is 11.8 Å². The summed E-state index contributed by atoms with van der Waals surface area (Å²) >= 11 is 1.83. The van der Waals surface area contributed by atoms with E-state index in [1.54, 1.807) is 6.26 Å². The molecule has 0 aliphatic carbocycles. The third kappa shape index (κ3) is 4.05. The molecule has 0 aromatic carbocycles. The molecular weight excluding hydrogens is 184 g/mol. The Kier molecular flexibility index (Phi) is 5.32. The van der Waals surface area contributed by atoms with Crippen molar-refractivity contribution in [2.75, 3.05) is 18.6 Å². The Hall–Kier alpha value is -0.150. The molecule has 1 unspecified atom stereocenters. The highest BCUT2D eigenvalue weighted by atomic mass is 32.2. The van der Waals surface area contributed by atoms with Gasteiger partial charge in [-0.25, -0.2) is 0 Å². The Balaban J connectivity index is 2.21. The molecular formula is C10H18O2S. The van der Waals surface area contributed by atoms with Gasteiger partial charge in [-0.1, -0.05) is 0 Å². The second-order valence-electron chi connectivity index (χ2n) is 3.32. The molecule has 76 valence electrons. The third-order valence-corrected chi connectivity index (χ3v) is 2.91. The lowest BCUT2D eigenvalue weighted by Gasteiger charge is -2.18. The average molecular weight is 202 g/mol. The normalized spacial score (nSPS) is 19.1. The maximum Gasteiger partial charge on any atom is 0.0876 e. The minimum absolute atomic E-state index is 0.271. The molecule has 3 heteroatoms. The Morgan fingerprint density at radius 3 is 3.15 bits per heavy atom. The molecule has 0 fully saturated rings. The van der Waals surface area contributed by atoms with Gasteiger partial charge < -0.3 is 9.84 Å². The van der Waals surface area contributed by atoms with E-state index in [9.17, 15) is 5.11 Å². The van der Waals surface area contributed by atoms with E-state index in [1.807, 2.05) is 11.8 Å².